The molecule has 1 heterocycles. The van der Waals surface area contributed by atoms with Gasteiger partial charge in [0.2, 0.25) is 5.82 Å². The van der Waals surface area contributed by atoms with Gasteiger partial charge in [-0.15, -0.1) is 0 Å². The van der Waals surface area contributed by atoms with Crippen LogP contribution in [-0.4, -0.2) is 21.0 Å². The van der Waals surface area contributed by atoms with E-state index >= 15 is 0 Å². The lowest BCUT2D eigenvalue weighted by Crippen LogP contribution is -2.15. The molecular formula is C12H7ClF3N3O2. The molecule has 0 saturated heterocycles. The highest BCUT2D eigenvalue weighted by Crippen LogP contribution is 2.30. The first kappa shape index (κ1) is 15.0. The number of aromatic carboxylic acids is 1. The van der Waals surface area contributed by atoms with Crippen LogP contribution in [0, 0.1) is 0 Å². The maximum absolute atomic E-state index is 12.6. The number of nitrogens with one attached hydrogen (secondary N) is 1. The third kappa shape index (κ3) is 3.40. The Morgan fingerprint density at radius 2 is 1.95 bits per heavy atom. The number of para-hydroxylation sites is 1. The molecule has 5 nitrogen and oxygen atoms in total. The summed E-state index contributed by atoms with van der Waals surface area (Å²) in [6.45, 7) is 0. The van der Waals surface area contributed by atoms with Crippen LogP contribution in [0.15, 0.2) is 30.5 Å². The van der Waals surface area contributed by atoms with Gasteiger partial charge >= 0.3 is 12.1 Å². The fraction of sp³-hybridized carbons (Fsp3) is 0.0833. The second-order valence-corrected chi connectivity index (χ2v) is 4.27. The van der Waals surface area contributed by atoms with Gasteiger partial charge in [0.25, 0.3) is 0 Å². The largest absolute Gasteiger partial charge is 0.477 e. The topological polar surface area (TPSA) is 75.1 Å². The van der Waals surface area contributed by atoms with Gasteiger partial charge in [-0.1, -0.05) is 23.7 Å². The van der Waals surface area contributed by atoms with Crippen molar-refractivity contribution in [3.05, 3.63) is 46.9 Å². The van der Waals surface area contributed by atoms with E-state index in [0.29, 0.717) is 6.20 Å². The van der Waals surface area contributed by atoms with E-state index in [1.807, 2.05) is 0 Å². The van der Waals surface area contributed by atoms with Crippen molar-refractivity contribution in [2.45, 2.75) is 6.18 Å². The zero-order valence-electron chi connectivity index (χ0n) is 10.1. The number of carboxylic acids is 1. The van der Waals surface area contributed by atoms with Crippen molar-refractivity contribution in [3.8, 4) is 0 Å². The minimum Gasteiger partial charge on any atom is -0.477 e. The van der Waals surface area contributed by atoms with E-state index in [9.17, 15) is 18.0 Å². The van der Waals surface area contributed by atoms with Gasteiger partial charge in [0, 0.05) is 6.20 Å². The monoisotopic (exact) mass is 317 g/mol. The van der Waals surface area contributed by atoms with E-state index in [1.165, 1.54) is 12.1 Å². The normalized spacial score (nSPS) is 11.2. The molecule has 21 heavy (non-hydrogen) atoms. The van der Waals surface area contributed by atoms with E-state index in [4.69, 9.17) is 16.7 Å². The molecule has 0 atom stereocenters. The highest BCUT2D eigenvalue weighted by molar-refractivity contribution is 6.33. The fourth-order valence-corrected chi connectivity index (χ4v) is 1.64. The molecule has 1 aromatic carbocycles. The molecule has 2 rings (SSSR count). The number of nitrogens with zero attached hydrogens (tertiary/aromatic N) is 2. The first-order valence-corrected chi connectivity index (χ1v) is 5.86. The third-order valence-electron chi connectivity index (χ3n) is 2.40. The SMILES string of the molecule is O=C(O)c1cnc(C(F)(F)F)nc1Nc1ccccc1Cl. The summed E-state index contributed by atoms with van der Waals surface area (Å²) in [6.07, 6.45) is -4.19. The van der Waals surface area contributed by atoms with Crippen molar-refractivity contribution in [3.63, 3.8) is 0 Å². The van der Waals surface area contributed by atoms with Gasteiger partial charge in [-0.3, -0.25) is 0 Å². The van der Waals surface area contributed by atoms with E-state index in [0.717, 1.165) is 0 Å². The van der Waals surface area contributed by atoms with Gasteiger partial charge in [-0.2, -0.15) is 13.2 Å². The first-order valence-electron chi connectivity index (χ1n) is 5.48. The molecule has 0 radical (unpaired) electrons. The smallest absolute Gasteiger partial charge is 0.451 e. The Labute approximate surface area is 121 Å². The minimum atomic E-state index is -4.78. The Balaban J connectivity index is 2.49. The number of aromatic nitrogens is 2. The van der Waals surface area contributed by atoms with E-state index in [2.05, 4.69) is 15.3 Å². The maximum Gasteiger partial charge on any atom is 0.451 e. The molecule has 2 aromatic rings. The van der Waals surface area contributed by atoms with Crippen molar-refractivity contribution in [1.29, 1.82) is 0 Å². The van der Waals surface area contributed by atoms with Gasteiger partial charge in [0.1, 0.15) is 11.4 Å². The van der Waals surface area contributed by atoms with Gasteiger partial charge in [-0.05, 0) is 12.1 Å². The zero-order chi connectivity index (χ0) is 15.6. The molecule has 0 aliphatic heterocycles. The number of anilines is 2. The Kier molecular flexibility index (Phi) is 3.99. The highest BCUT2D eigenvalue weighted by atomic mass is 35.5. The molecule has 1 aromatic heterocycles. The zero-order valence-corrected chi connectivity index (χ0v) is 10.9. The van der Waals surface area contributed by atoms with Gasteiger partial charge < -0.3 is 10.4 Å². The summed E-state index contributed by atoms with van der Waals surface area (Å²) in [6, 6.07) is 6.17. The molecular weight excluding hydrogens is 311 g/mol. The third-order valence-corrected chi connectivity index (χ3v) is 2.73. The van der Waals surface area contributed by atoms with Gasteiger partial charge in [-0.25, -0.2) is 14.8 Å². The van der Waals surface area contributed by atoms with Crippen LogP contribution in [0.5, 0.6) is 0 Å². The predicted octanol–water partition coefficient (Wildman–Crippen LogP) is 3.59. The summed E-state index contributed by atoms with van der Waals surface area (Å²) >= 11 is 5.86. The molecule has 0 spiro atoms. The number of benzene rings is 1. The second kappa shape index (κ2) is 5.57. The average Bonchev–Trinajstić information content (AvgIpc) is 2.40. The first-order chi connectivity index (χ1) is 9.79. The average molecular weight is 318 g/mol. The van der Waals surface area contributed by atoms with Crippen LogP contribution in [0.1, 0.15) is 16.2 Å². The Morgan fingerprint density at radius 1 is 1.29 bits per heavy atom. The number of carboxylic acid groups (broad SMARTS) is 1. The Bertz CT molecular complexity index is 692. The minimum absolute atomic E-state index is 0.209. The summed E-state index contributed by atoms with van der Waals surface area (Å²) < 4.78 is 37.8. The summed E-state index contributed by atoms with van der Waals surface area (Å²) in [7, 11) is 0. The molecule has 110 valence electrons. The standard InChI is InChI=1S/C12H7ClF3N3O2/c13-7-3-1-2-4-8(7)18-9-6(10(20)21)5-17-11(19-9)12(14,15)16/h1-5H,(H,20,21)(H,17,18,19). The van der Waals surface area contributed by atoms with Crippen molar-refractivity contribution >= 4 is 29.1 Å². The number of rotatable bonds is 3. The fourth-order valence-electron chi connectivity index (χ4n) is 1.46. The Morgan fingerprint density at radius 3 is 2.52 bits per heavy atom. The summed E-state index contributed by atoms with van der Waals surface area (Å²) in [4.78, 5) is 17.2. The van der Waals surface area contributed by atoms with Crippen LogP contribution in [0.25, 0.3) is 0 Å². The molecule has 0 aliphatic rings. The quantitative estimate of drug-likeness (QED) is 0.904. The summed E-state index contributed by atoms with van der Waals surface area (Å²) in [5.41, 5.74) is -0.267. The molecule has 9 heteroatoms. The van der Waals surface area contributed by atoms with Gasteiger partial charge in [0.05, 0.1) is 10.7 Å². The van der Waals surface area contributed by atoms with Crippen LogP contribution < -0.4 is 5.32 Å². The van der Waals surface area contributed by atoms with Gasteiger partial charge in [0.15, 0.2) is 0 Å². The van der Waals surface area contributed by atoms with Crippen molar-refractivity contribution < 1.29 is 23.1 Å². The highest BCUT2D eigenvalue weighted by Gasteiger charge is 2.35. The number of hydrogen-bond donors (Lipinski definition) is 2. The Hall–Kier alpha value is -2.35. The summed E-state index contributed by atoms with van der Waals surface area (Å²) in [5.74, 6) is -3.39. The number of hydrogen-bond acceptors (Lipinski definition) is 4. The van der Waals surface area contributed by atoms with Crippen LogP contribution >= 0.6 is 11.6 Å². The maximum atomic E-state index is 12.6. The van der Waals surface area contributed by atoms with Crippen LogP contribution in [0.2, 0.25) is 5.02 Å². The molecule has 0 unspecified atom stereocenters. The number of alkyl halides is 3. The van der Waals surface area contributed by atoms with E-state index in [-0.39, 0.29) is 10.7 Å². The molecule has 0 saturated carbocycles. The van der Waals surface area contributed by atoms with E-state index < -0.39 is 29.4 Å². The molecule has 0 fully saturated rings. The lowest BCUT2D eigenvalue weighted by atomic mass is 10.2. The number of carbonyl (C=O) groups is 1. The molecule has 0 amide bonds. The van der Waals surface area contributed by atoms with Crippen molar-refractivity contribution in [1.82, 2.24) is 9.97 Å². The van der Waals surface area contributed by atoms with Crippen molar-refractivity contribution in [2.75, 3.05) is 5.32 Å². The molecule has 0 bridgehead atoms. The van der Waals surface area contributed by atoms with Crippen molar-refractivity contribution in [2.24, 2.45) is 0 Å². The lowest BCUT2D eigenvalue weighted by molar-refractivity contribution is -0.144. The van der Waals surface area contributed by atoms with E-state index in [1.54, 1.807) is 12.1 Å². The predicted molar refractivity (Wildman–Crippen MR) is 68.7 cm³/mol. The molecule has 2 N–H and O–H groups in total. The van der Waals surface area contributed by atoms with Crippen LogP contribution in [-0.2, 0) is 6.18 Å². The lowest BCUT2D eigenvalue weighted by Gasteiger charge is -2.12. The second-order valence-electron chi connectivity index (χ2n) is 3.86. The molecule has 0 aliphatic carbocycles. The summed E-state index contributed by atoms with van der Waals surface area (Å²) in [5, 5.41) is 11.7. The van der Waals surface area contributed by atoms with Crippen LogP contribution in [0.4, 0.5) is 24.7 Å². The number of halogens is 4. The van der Waals surface area contributed by atoms with Crippen LogP contribution in [0.3, 0.4) is 0 Å².